The van der Waals surface area contributed by atoms with Crippen molar-refractivity contribution in [1.29, 1.82) is 0 Å². The van der Waals surface area contributed by atoms with E-state index in [1.165, 1.54) is 0 Å². The molecule has 0 aliphatic rings. The predicted octanol–water partition coefficient (Wildman–Crippen LogP) is 2.60. The zero-order valence-electron chi connectivity index (χ0n) is 11.9. The summed E-state index contributed by atoms with van der Waals surface area (Å²) in [5, 5.41) is 13.2. The van der Waals surface area contributed by atoms with Gasteiger partial charge in [0.1, 0.15) is 0 Å². The minimum absolute atomic E-state index is 0.0165. The van der Waals surface area contributed by atoms with Crippen LogP contribution in [-0.4, -0.2) is 45.7 Å². The fourth-order valence-electron chi connectivity index (χ4n) is 2.17. The maximum Gasteiger partial charge on any atom is 0.401 e. The first-order chi connectivity index (χ1) is 9.39. The molecule has 0 radical (unpaired) electrons. The fourth-order valence-corrected chi connectivity index (χ4v) is 2.17. The van der Waals surface area contributed by atoms with Crippen LogP contribution in [0.4, 0.5) is 13.2 Å². The smallest absolute Gasteiger partial charge is 0.395 e. The molecule has 0 amide bonds. The Morgan fingerprint density at radius 3 is 2.50 bits per heavy atom. The molecule has 0 aromatic carbocycles. The van der Waals surface area contributed by atoms with E-state index in [0.29, 0.717) is 5.69 Å². The average molecular weight is 293 g/mol. The largest absolute Gasteiger partial charge is 0.401 e. The van der Waals surface area contributed by atoms with Gasteiger partial charge in [-0.1, -0.05) is 13.8 Å². The highest BCUT2D eigenvalue weighted by Crippen LogP contribution is 2.19. The van der Waals surface area contributed by atoms with Crippen molar-refractivity contribution in [3.63, 3.8) is 0 Å². The predicted molar refractivity (Wildman–Crippen MR) is 70.3 cm³/mol. The van der Waals surface area contributed by atoms with Crippen molar-refractivity contribution < 1.29 is 18.3 Å². The molecule has 0 fully saturated rings. The summed E-state index contributed by atoms with van der Waals surface area (Å²) >= 11 is 0. The quantitative estimate of drug-likeness (QED) is 0.801. The molecule has 1 aromatic heterocycles. The summed E-state index contributed by atoms with van der Waals surface area (Å²) in [5.74, 6) is 0. The molecular formula is C13H22F3N3O. The molecule has 0 aliphatic carbocycles. The van der Waals surface area contributed by atoms with Crippen molar-refractivity contribution in [2.75, 3.05) is 19.7 Å². The standard InChI is InChI=1S/C13H22F3N3O/c1-3-12(4-2)19-6-5-11(17-19)9-18(7-8-20)10-13(14,15)16/h5-6,12,20H,3-4,7-10H2,1-2H3. The van der Waals surface area contributed by atoms with E-state index in [1.807, 2.05) is 0 Å². The van der Waals surface area contributed by atoms with Gasteiger partial charge in [0.15, 0.2) is 0 Å². The van der Waals surface area contributed by atoms with Crippen LogP contribution < -0.4 is 0 Å². The van der Waals surface area contributed by atoms with Crippen molar-refractivity contribution in [1.82, 2.24) is 14.7 Å². The van der Waals surface area contributed by atoms with Crippen molar-refractivity contribution in [2.45, 2.75) is 45.5 Å². The Bertz CT molecular complexity index is 388. The third kappa shape index (κ3) is 5.50. The molecule has 1 aromatic rings. The zero-order valence-corrected chi connectivity index (χ0v) is 11.9. The summed E-state index contributed by atoms with van der Waals surface area (Å²) in [6.07, 6.45) is -0.605. The van der Waals surface area contributed by atoms with Crippen LogP contribution >= 0.6 is 0 Å². The van der Waals surface area contributed by atoms with Gasteiger partial charge in [-0.3, -0.25) is 9.58 Å². The first kappa shape index (κ1) is 17.0. The lowest BCUT2D eigenvalue weighted by atomic mass is 10.2. The van der Waals surface area contributed by atoms with Gasteiger partial charge in [0.25, 0.3) is 0 Å². The van der Waals surface area contributed by atoms with Gasteiger partial charge in [0.05, 0.1) is 24.9 Å². The monoisotopic (exact) mass is 293 g/mol. The molecule has 1 heterocycles. The third-order valence-corrected chi connectivity index (χ3v) is 3.18. The summed E-state index contributed by atoms with van der Waals surface area (Å²) in [6.45, 7) is 2.84. The van der Waals surface area contributed by atoms with E-state index < -0.39 is 12.7 Å². The van der Waals surface area contributed by atoms with Gasteiger partial charge in [-0.2, -0.15) is 18.3 Å². The highest BCUT2D eigenvalue weighted by atomic mass is 19.4. The van der Waals surface area contributed by atoms with E-state index in [4.69, 9.17) is 5.11 Å². The molecule has 116 valence electrons. The molecule has 0 aliphatic heterocycles. The molecule has 0 saturated heterocycles. The maximum absolute atomic E-state index is 12.4. The average Bonchev–Trinajstić information content (AvgIpc) is 2.77. The molecule has 0 atom stereocenters. The Morgan fingerprint density at radius 2 is 2.00 bits per heavy atom. The van der Waals surface area contributed by atoms with Gasteiger partial charge in [0.2, 0.25) is 0 Å². The summed E-state index contributed by atoms with van der Waals surface area (Å²) < 4.78 is 39.1. The van der Waals surface area contributed by atoms with E-state index in [-0.39, 0.29) is 25.7 Å². The lowest BCUT2D eigenvalue weighted by Gasteiger charge is -2.21. The second-order valence-electron chi connectivity index (χ2n) is 4.81. The number of aromatic nitrogens is 2. The van der Waals surface area contributed by atoms with Crippen LogP contribution in [-0.2, 0) is 6.54 Å². The molecule has 0 saturated carbocycles. The highest BCUT2D eigenvalue weighted by molar-refractivity contribution is 5.00. The Balaban J connectivity index is 2.69. The molecule has 0 unspecified atom stereocenters. The SMILES string of the molecule is CCC(CC)n1ccc(CN(CCO)CC(F)(F)F)n1. The van der Waals surface area contributed by atoms with E-state index >= 15 is 0 Å². The molecular weight excluding hydrogens is 271 g/mol. The Morgan fingerprint density at radius 1 is 1.35 bits per heavy atom. The number of halogens is 3. The third-order valence-electron chi connectivity index (χ3n) is 3.18. The zero-order chi connectivity index (χ0) is 15.2. The second-order valence-corrected chi connectivity index (χ2v) is 4.81. The number of hydrogen-bond acceptors (Lipinski definition) is 3. The Kier molecular flexibility index (Phi) is 6.48. The van der Waals surface area contributed by atoms with Crippen molar-refractivity contribution >= 4 is 0 Å². The van der Waals surface area contributed by atoms with Crippen LogP contribution in [0.3, 0.4) is 0 Å². The van der Waals surface area contributed by atoms with E-state index in [9.17, 15) is 13.2 Å². The molecule has 1 N–H and O–H groups in total. The molecule has 0 bridgehead atoms. The van der Waals surface area contributed by atoms with E-state index in [2.05, 4.69) is 18.9 Å². The summed E-state index contributed by atoms with van der Waals surface area (Å²) in [7, 11) is 0. The van der Waals surface area contributed by atoms with Crippen LogP contribution in [0.15, 0.2) is 12.3 Å². The number of aliphatic hydroxyl groups is 1. The minimum atomic E-state index is -4.27. The lowest BCUT2D eigenvalue weighted by Crippen LogP contribution is -2.35. The van der Waals surface area contributed by atoms with Crippen LogP contribution in [0.1, 0.15) is 38.4 Å². The maximum atomic E-state index is 12.4. The van der Waals surface area contributed by atoms with Crippen LogP contribution in [0.2, 0.25) is 0 Å². The van der Waals surface area contributed by atoms with Crippen molar-refractivity contribution in [2.24, 2.45) is 0 Å². The topological polar surface area (TPSA) is 41.3 Å². The summed E-state index contributed by atoms with van der Waals surface area (Å²) in [6, 6.07) is 2.01. The molecule has 1 rings (SSSR count). The van der Waals surface area contributed by atoms with Crippen LogP contribution in [0.5, 0.6) is 0 Å². The highest BCUT2D eigenvalue weighted by Gasteiger charge is 2.30. The van der Waals surface area contributed by atoms with Gasteiger partial charge in [-0.05, 0) is 18.9 Å². The van der Waals surface area contributed by atoms with Gasteiger partial charge >= 0.3 is 6.18 Å². The Labute approximate surface area is 117 Å². The molecule has 0 spiro atoms. The lowest BCUT2D eigenvalue weighted by molar-refractivity contribution is -0.148. The van der Waals surface area contributed by atoms with Crippen LogP contribution in [0.25, 0.3) is 0 Å². The summed E-state index contributed by atoms with van der Waals surface area (Å²) in [4.78, 5) is 1.15. The second kappa shape index (κ2) is 7.64. The van der Waals surface area contributed by atoms with Gasteiger partial charge < -0.3 is 5.11 Å². The van der Waals surface area contributed by atoms with Crippen molar-refractivity contribution in [3.8, 4) is 0 Å². The first-order valence-electron chi connectivity index (χ1n) is 6.83. The molecule has 7 heteroatoms. The minimum Gasteiger partial charge on any atom is -0.395 e. The van der Waals surface area contributed by atoms with E-state index in [1.54, 1.807) is 16.9 Å². The van der Waals surface area contributed by atoms with E-state index in [0.717, 1.165) is 17.7 Å². The number of rotatable bonds is 8. The normalized spacial score (nSPS) is 12.6. The molecule has 4 nitrogen and oxygen atoms in total. The van der Waals surface area contributed by atoms with Gasteiger partial charge in [-0.15, -0.1) is 0 Å². The summed E-state index contributed by atoms with van der Waals surface area (Å²) in [5.41, 5.74) is 0.592. The number of hydrogen-bond donors (Lipinski definition) is 1. The number of alkyl halides is 3. The fraction of sp³-hybridized carbons (Fsp3) is 0.769. The van der Waals surface area contributed by atoms with Crippen molar-refractivity contribution in [3.05, 3.63) is 18.0 Å². The first-order valence-corrected chi connectivity index (χ1v) is 6.83. The number of nitrogens with zero attached hydrogens (tertiary/aromatic N) is 3. The Hall–Kier alpha value is -1.08. The number of aliphatic hydroxyl groups excluding tert-OH is 1. The van der Waals surface area contributed by atoms with Gasteiger partial charge in [0, 0.05) is 19.3 Å². The van der Waals surface area contributed by atoms with Gasteiger partial charge in [-0.25, -0.2) is 0 Å². The van der Waals surface area contributed by atoms with Crippen LogP contribution in [0, 0.1) is 0 Å². The molecule has 20 heavy (non-hydrogen) atoms.